The molecule has 104 valence electrons. The molecule has 0 heterocycles. The van der Waals surface area contributed by atoms with E-state index < -0.39 is 0 Å². The predicted octanol–water partition coefficient (Wildman–Crippen LogP) is 5.80. The molecule has 0 unspecified atom stereocenters. The molecule has 0 fully saturated rings. The van der Waals surface area contributed by atoms with E-state index in [-0.39, 0.29) is 0 Å². The number of hydrogen-bond acceptors (Lipinski definition) is 1. The van der Waals surface area contributed by atoms with E-state index in [0.717, 1.165) is 10.0 Å². The highest BCUT2D eigenvalue weighted by molar-refractivity contribution is 9.10. The van der Waals surface area contributed by atoms with Crippen molar-refractivity contribution in [1.82, 2.24) is 0 Å². The minimum atomic E-state index is 0.294. The first-order valence-corrected chi connectivity index (χ1v) is 7.59. The number of rotatable bonds is 2. The van der Waals surface area contributed by atoms with Gasteiger partial charge in [-0.15, -0.1) is 0 Å². The molecule has 0 aliphatic carbocycles. The first-order chi connectivity index (χ1) is 10.1. The van der Waals surface area contributed by atoms with Crippen LogP contribution in [0.1, 0.15) is 5.56 Å². The van der Waals surface area contributed by atoms with Crippen LogP contribution in [0.2, 0.25) is 0 Å². The number of halogens is 1. The number of phenols is 1. The summed E-state index contributed by atoms with van der Waals surface area (Å²) in [6.45, 7) is 2.12. The Morgan fingerprint density at radius 1 is 0.714 bits per heavy atom. The molecule has 2 heteroatoms. The zero-order valence-electron chi connectivity index (χ0n) is 11.7. The Labute approximate surface area is 133 Å². The molecule has 0 atom stereocenters. The molecule has 0 saturated heterocycles. The Kier molecular flexibility index (Phi) is 3.80. The molecule has 0 aromatic heterocycles. The van der Waals surface area contributed by atoms with Gasteiger partial charge < -0.3 is 5.11 Å². The average molecular weight is 339 g/mol. The standard InChI is InChI=1S/C19H15BrO/c1-13-12-16(14-2-7-17(20)8-3-14)6-11-19(13)15-4-9-18(21)10-5-15/h2-12,21H,1H3. The van der Waals surface area contributed by atoms with E-state index in [1.165, 1.54) is 22.3 Å². The van der Waals surface area contributed by atoms with Crippen molar-refractivity contribution >= 4 is 15.9 Å². The summed E-state index contributed by atoms with van der Waals surface area (Å²) in [5.74, 6) is 0.294. The fraction of sp³-hybridized carbons (Fsp3) is 0.0526. The molecule has 1 nitrogen and oxygen atoms in total. The molecular weight excluding hydrogens is 324 g/mol. The van der Waals surface area contributed by atoms with Crippen LogP contribution in [0.15, 0.2) is 71.2 Å². The van der Waals surface area contributed by atoms with Crippen LogP contribution in [-0.2, 0) is 0 Å². The Morgan fingerprint density at radius 2 is 1.29 bits per heavy atom. The molecule has 1 N–H and O–H groups in total. The highest BCUT2D eigenvalue weighted by atomic mass is 79.9. The van der Waals surface area contributed by atoms with Gasteiger partial charge >= 0.3 is 0 Å². The summed E-state index contributed by atoms with van der Waals surface area (Å²) in [4.78, 5) is 0. The summed E-state index contributed by atoms with van der Waals surface area (Å²) < 4.78 is 1.09. The van der Waals surface area contributed by atoms with Crippen molar-refractivity contribution in [2.24, 2.45) is 0 Å². The van der Waals surface area contributed by atoms with E-state index in [4.69, 9.17) is 0 Å². The van der Waals surface area contributed by atoms with Crippen molar-refractivity contribution in [3.8, 4) is 28.0 Å². The zero-order chi connectivity index (χ0) is 14.8. The molecular formula is C19H15BrO. The zero-order valence-corrected chi connectivity index (χ0v) is 13.3. The van der Waals surface area contributed by atoms with Gasteiger partial charge in [-0.05, 0) is 59.0 Å². The van der Waals surface area contributed by atoms with Gasteiger partial charge in [0.05, 0.1) is 0 Å². The highest BCUT2D eigenvalue weighted by Crippen LogP contribution is 2.29. The van der Waals surface area contributed by atoms with Gasteiger partial charge in [0.15, 0.2) is 0 Å². The van der Waals surface area contributed by atoms with E-state index in [0.29, 0.717) is 5.75 Å². The van der Waals surface area contributed by atoms with Gasteiger partial charge in [-0.1, -0.05) is 58.4 Å². The molecule has 0 aliphatic rings. The lowest BCUT2D eigenvalue weighted by atomic mass is 9.96. The Hall–Kier alpha value is -2.06. The molecule has 0 radical (unpaired) electrons. The summed E-state index contributed by atoms with van der Waals surface area (Å²) in [5, 5.41) is 9.38. The molecule has 0 aliphatic heterocycles. The molecule has 3 aromatic rings. The maximum Gasteiger partial charge on any atom is 0.115 e. The van der Waals surface area contributed by atoms with E-state index in [2.05, 4.69) is 65.3 Å². The van der Waals surface area contributed by atoms with E-state index >= 15 is 0 Å². The third-order valence-corrected chi connectivity index (χ3v) is 4.11. The molecule has 0 bridgehead atoms. The SMILES string of the molecule is Cc1cc(-c2ccc(Br)cc2)ccc1-c1ccc(O)cc1. The van der Waals surface area contributed by atoms with Gasteiger partial charge in [-0.25, -0.2) is 0 Å². The third kappa shape index (κ3) is 3.01. The second kappa shape index (κ2) is 5.74. The molecule has 3 rings (SSSR count). The summed E-state index contributed by atoms with van der Waals surface area (Å²) in [6, 6.07) is 22.1. The lowest BCUT2D eigenvalue weighted by molar-refractivity contribution is 0.475. The summed E-state index contributed by atoms with van der Waals surface area (Å²) >= 11 is 3.46. The maximum absolute atomic E-state index is 9.38. The first-order valence-electron chi connectivity index (χ1n) is 6.79. The maximum atomic E-state index is 9.38. The normalized spacial score (nSPS) is 10.6. The second-order valence-corrected chi connectivity index (χ2v) is 6.00. The minimum Gasteiger partial charge on any atom is -0.508 e. The summed E-state index contributed by atoms with van der Waals surface area (Å²) in [6.07, 6.45) is 0. The van der Waals surface area contributed by atoms with Crippen LogP contribution in [0.5, 0.6) is 5.75 Å². The monoisotopic (exact) mass is 338 g/mol. The number of aryl methyl sites for hydroxylation is 1. The van der Waals surface area contributed by atoms with Crippen LogP contribution in [0.3, 0.4) is 0 Å². The number of hydrogen-bond donors (Lipinski definition) is 1. The Morgan fingerprint density at radius 3 is 1.90 bits per heavy atom. The van der Waals surface area contributed by atoms with Crippen molar-refractivity contribution in [2.75, 3.05) is 0 Å². The predicted molar refractivity (Wildman–Crippen MR) is 91.4 cm³/mol. The van der Waals surface area contributed by atoms with Crippen molar-refractivity contribution < 1.29 is 5.11 Å². The smallest absolute Gasteiger partial charge is 0.115 e. The number of phenolic OH excluding ortho intramolecular Hbond substituents is 1. The van der Waals surface area contributed by atoms with Crippen molar-refractivity contribution in [3.63, 3.8) is 0 Å². The van der Waals surface area contributed by atoms with Crippen LogP contribution in [0.4, 0.5) is 0 Å². The molecule has 0 spiro atoms. The topological polar surface area (TPSA) is 20.2 Å². The number of aromatic hydroxyl groups is 1. The quantitative estimate of drug-likeness (QED) is 0.626. The van der Waals surface area contributed by atoms with E-state index in [1.807, 2.05) is 12.1 Å². The second-order valence-electron chi connectivity index (χ2n) is 5.08. The first kappa shape index (κ1) is 13.9. The van der Waals surface area contributed by atoms with E-state index in [9.17, 15) is 5.11 Å². The lowest BCUT2D eigenvalue weighted by Crippen LogP contribution is -1.85. The molecule has 0 saturated carbocycles. The van der Waals surface area contributed by atoms with Crippen LogP contribution in [0, 0.1) is 6.92 Å². The van der Waals surface area contributed by atoms with Gasteiger partial charge in [-0.3, -0.25) is 0 Å². The average Bonchev–Trinajstić information content (AvgIpc) is 2.49. The summed E-state index contributed by atoms with van der Waals surface area (Å²) in [5.41, 5.74) is 5.95. The van der Waals surface area contributed by atoms with Gasteiger partial charge in [0.2, 0.25) is 0 Å². The fourth-order valence-corrected chi connectivity index (χ4v) is 2.71. The fourth-order valence-electron chi connectivity index (χ4n) is 2.45. The molecule has 0 amide bonds. The minimum absolute atomic E-state index is 0.294. The molecule has 21 heavy (non-hydrogen) atoms. The van der Waals surface area contributed by atoms with E-state index in [1.54, 1.807) is 12.1 Å². The Balaban J connectivity index is 1.99. The van der Waals surface area contributed by atoms with Gasteiger partial charge in [0.1, 0.15) is 5.75 Å². The number of benzene rings is 3. The summed E-state index contributed by atoms with van der Waals surface area (Å²) in [7, 11) is 0. The van der Waals surface area contributed by atoms with Gasteiger partial charge in [0, 0.05) is 4.47 Å². The van der Waals surface area contributed by atoms with Crippen LogP contribution < -0.4 is 0 Å². The lowest BCUT2D eigenvalue weighted by Gasteiger charge is -2.09. The van der Waals surface area contributed by atoms with Crippen LogP contribution in [0.25, 0.3) is 22.3 Å². The van der Waals surface area contributed by atoms with Crippen molar-refractivity contribution in [2.45, 2.75) is 6.92 Å². The van der Waals surface area contributed by atoms with Gasteiger partial charge in [0.25, 0.3) is 0 Å². The molecule has 3 aromatic carbocycles. The largest absolute Gasteiger partial charge is 0.508 e. The van der Waals surface area contributed by atoms with Crippen molar-refractivity contribution in [1.29, 1.82) is 0 Å². The Bertz CT molecular complexity index is 759. The van der Waals surface area contributed by atoms with Gasteiger partial charge in [-0.2, -0.15) is 0 Å². The third-order valence-electron chi connectivity index (χ3n) is 3.58. The van der Waals surface area contributed by atoms with Crippen LogP contribution >= 0.6 is 15.9 Å². The van der Waals surface area contributed by atoms with Crippen molar-refractivity contribution in [3.05, 3.63) is 76.8 Å². The van der Waals surface area contributed by atoms with Crippen LogP contribution in [-0.4, -0.2) is 5.11 Å². The highest BCUT2D eigenvalue weighted by Gasteiger charge is 2.05.